The Balaban J connectivity index is 1.16. The number of methoxy groups -OCH3 is 3. The lowest BCUT2D eigenvalue weighted by Crippen LogP contribution is -2.51. The molecule has 57 heavy (non-hydrogen) atoms. The molecule has 0 spiro atoms. The summed E-state index contributed by atoms with van der Waals surface area (Å²) in [7, 11) is 4.59. The van der Waals surface area contributed by atoms with Gasteiger partial charge in [-0.25, -0.2) is 19.6 Å². The molecule has 4 aromatic heterocycles. The van der Waals surface area contributed by atoms with Gasteiger partial charge >= 0.3 is 12.2 Å². The number of likely N-dealkylation sites (tertiary alicyclic amines) is 2. The van der Waals surface area contributed by atoms with Gasteiger partial charge in [-0.05, 0) is 49.7 Å². The number of rotatable bonds is 12. The van der Waals surface area contributed by atoms with Crippen molar-refractivity contribution in [1.82, 2.24) is 40.4 Å². The zero-order valence-corrected chi connectivity index (χ0v) is 34.6. The summed E-state index contributed by atoms with van der Waals surface area (Å²) in [5, 5.41) is 16.2. The monoisotopic (exact) mass is 820 g/mol. The topological polar surface area (TPSA) is 204 Å². The number of benzene rings is 1. The van der Waals surface area contributed by atoms with E-state index in [0.29, 0.717) is 42.7 Å². The van der Waals surface area contributed by atoms with E-state index in [1.54, 1.807) is 59.1 Å². The summed E-state index contributed by atoms with van der Waals surface area (Å²) >= 11 is 3.09. The van der Waals surface area contributed by atoms with E-state index in [1.165, 1.54) is 7.11 Å². The first kappa shape index (κ1) is 39.9. The lowest BCUT2D eigenvalue weighted by Gasteiger charge is -2.30. The highest BCUT2D eigenvalue weighted by Gasteiger charge is 2.39. The predicted octanol–water partition coefficient (Wildman–Crippen LogP) is 6.91. The Morgan fingerprint density at radius 2 is 1.19 bits per heavy atom. The molecule has 5 aromatic rings. The van der Waals surface area contributed by atoms with Crippen LogP contribution in [0, 0.1) is 11.8 Å². The molecule has 0 saturated carbocycles. The van der Waals surface area contributed by atoms with E-state index in [-0.39, 0.29) is 35.7 Å². The molecule has 0 bridgehead atoms. The second kappa shape index (κ2) is 16.2. The van der Waals surface area contributed by atoms with Gasteiger partial charge in [-0.2, -0.15) is 0 Å². The lowest BCUT2D eigenvalue weighted by molar-refractivity contribution is -0.136. The normalized spacial score (nSPS) is 18.1. The smallest absolute Gasteiger partial charge is 0.407 e. The minimum absolute atomic E-state index is 0.134. The Morgan fingerprint density at radius 1 is 0.754 bits per heavy atom. The summed E-state index contributed by atoms with van der Waals surface area (Å²) in [6.45, 7) is 8.51. The predicted molar refractivity (Wildman–Crippen MR) is 217 cm³/mol. The first-order valence-electron chi connectivity index (χ1n) is 19.0. The number of imidazole rings is 2. The first-order valence-corrected chi connectivity index (χ1v) is 20.6. The molecule has 2 saturated heterocycles. The van der Waals surface area contributed by atoms with Crippen molar-refractivity contribution in [2.24, 2.45) is 11.8 Å². The number of nitrogens with one attached hydrogen (secondary N) is 4. The number of ether oxygens (including phenoxy) is 3. The van der Waals surface area contributed by atoms with Gasteiger partial charge in [0.2, 0.25) is 11.8 Å². The highest BCUT2D eigenvalue weighted by atomic mass is 32.1. The second-order valence-corrected chi connectivity index (χ2v) is 17.2. The van der Waals surface area contributed by atoms with Gasteiger partial charge in [-0.15, -0.1) is 22.7 Å². The van der Waals surface area contributed by atoms with Gasteiger partial charge in [-0.1, -0.05) is 27.7 Å². The summed E-state index contributed by atoms with van der Waals surface area (Å²) in [5.41, 5.74) is 1.59. The minimum atomic E-state index is -1.23. The van der Waals surface area contributed by atoms with Crippen molar-refractivity contribution >= 4 is 66.8 Å². The Labute approximate surface area is 337 Å². The third-order valence-corrected chi connectivity index (χ3v) is 13.1. The van der Waals surface area contributed by atoms with Crippen molar-refractivity contribution in [3.63, 3.8) is 0 Å². The van der Waals surface area contributed by atoms with E-state index in [2.05, 4.69) is 32.7 Å². The number of aromatic amines is 2. The molecule has 2 aliphatic rings. The van der Waals surface area contributed by atoms with Crippen LogP contribution in [0.15, 0.2) is 24.5 Å². The lowest BCUT2D eigenvalue weighted by atomic mass is 10.0. The van der Waals surface area contributed by atoms with Crippen LogP contribution in [0.3, 0.4) is 0 Å². The molecular weight excluding hydrogens is 773 g/mol. The fourth-order valence-corrected chi connectivity index (χ4v) is 10.3. The number of thiophene rings is 2. The molecule has 18 heteroatoms. The maximum absolute atomic E-state index is 13.7. The molecule has 0 radical (unpaired) electrons. The fourth-order valence-electron chi connectivity index (χ4n) is 7.97. The van der Waals surface area contributed by atoms with Crippen LogP contribution >= 0.6 is 22.7 Å². The van der Waals surface area contributed by atoms with Crippen molar-refractivity contribution in [1.29, 1.82) is 0 Å². The fraction of sp³-hybridized carbons (Fsp3) is 0.487. The third-order valence-electron chi connectivity index (χ3n) is 10.8. The van der Waals surface area contributed by atoms with Crippen LogP contribution in [-0.2, 0) is 14.3 Å². The molecule has 5 N–H and O–H groups in total. The SMILES string of the molecule is COC(=O)NC(C(=O)N1CCCC1c1ncc(-c2cc3c(OC)c4sc(-c5cnc(C6CCCN6C(=O)C(NC(=O)O)C(C)C)[nH]5)cc4c(OC)c3s2)[nH]1)C(C)C. The number of carbonyl (C=O) groups is 4. The first-order chi connectivity index (χ1) is 27.3. The molecule has 4 amide bonds. The summed E-state index contributed by atoms with van der Waals surface area (Å²) in [4.78, 5) is 72.4. The molecule has 4 atom stereocenters. The summed E-state index contributed by atoms with van der Waals surface area (Å²) < 4.78 is 18.7. The van der Waals surface area contributed by atoms with E-state index < -0.39 is 24.3 Å². The molecule has 6 heterocycles. The Bertz CT molecular complexity index is 2250. The van der Waals surface area contributed by atoms with E-state index in [4.69, 9.17) is 24.2 Å². The van der Waals surface area contributed by atoms with Crippen LogP contribution in [0.4, 0.5) is 9.59 Å². The number of fused-ring (bicyclic) bond motifs is 2. The van der Waals surface area contributed by atoms with Crippen molar-refractivity contribution in [3.8, 4) is 32.6 Å². The molecule has 2 fully saturated rings. The zero-order valence-electron chi connectivity index (χ0n) is 32.9. The molecule has 304 valence electrons. The molecule has 0 aliphatic carbocycles. The van der Waals surface area contributed by atoms with Crippen LogP contribution in [0.5, 0.6) is 11.5 Å². The van der Waals surface area contributed by atoms with E-state index in [9.17, 15) is 24.3 Å². The number of amides is 4. The number of carbonyl (C=O) groups excluding carboxylic acids is 3. The van der Waals surface area contributed by atoms with Crippen LogP contribution in [0.25, 0.3) is 41.3 Å². The van der Waals surface area contributed by atoms with Crippen molar-refractivity contribution in [2.75, 3.05) is 34.4 Å². The number of alkyl carbamates (subject to hydrolysis) is 1. The number of hydrogen-bond donors (Lipinski definition) is 5. The van der Waals surface area contributed by atoms with Crippen LogP contribution in [0.2, 0.25) is 0 Å². The largest absolute Gasteiger partial charge is 0.495 e. The average molecular weight is 821 g/mol. The highest BCUT2D eigenvalue weighted by molar-refractivity contribution is 7.24. The number of H-pyrrole nitrogens is 2. The highest BCUT2D eigenvalue weighted by Crippen LogP contribution is 2.52. The number of hydrogen-bond acceptors (Lipinski definition) is 11. The molecular formula is C39H48N8O8S2. The van der Waals surface area contributed by atoms with Gasteiger partial charge in [0.15, 0.2) is 0 Å². The summed E-state index contributed by atoms with van der Waals surface area (Å²) in [6, 6.07) is 1.99. The van der Waals surface area contributed by atoms with Gasteiger partial charge < -0.3 is 49.7 Å². The van der Waals surface area contributed by atoms with Gasteiger partial charge in [0.1, 0.15) is 35.2 Å². The summed E-state index contributed by atoms with van der Waals surface area (Å²) in [5.74, 6) is 1.98. The van der Waals surface area contributed by atoms with E-state index in [1.807, 2.05) is 27.7 Å². The van der Waals surface area contributed by atoms with E-state index in [0.717, 1.165) is 60.6 Å². The van der Waals surface area contributed by atoms with Gasteiger partial charge in [0.05, 0.1) is 76.3 Å². The number of nitrogens with zero attached hydrogens (tertiary/aromatic N) is 4. The maximum Gasteiger partial charge on any atom is 0.407 e. The van der Waals surface area contributed by atoms with E-state index >= 15 is 0 Å². The van der Waals surface area contributed by atoms with Gasteiger partial charge in [-0.3, -0.25) is 9.59 Å². The van der Waals surface area contributed by atoms with Crippen molar-refractivity contribution in [3.05, 3.63) is 36.2 Å². The molecule has 7 rings (SSSR count). The maximum atomic E-state index is 13.7. The zero-order chi connectivity index (χ0) is 40.7. The molecule has 1 aromatic carbocycles. The van der Waals surface area contributed by atoms with Gasteiger partial charge in [0.25, 0.3) is 0 Å². The van der Waals surface area contributed by atoms with Crippen LogP contribution in [-0.4, -0.2) is 105 Å². The summed E-state index contributed by atoms with van der Waals surface area (Å²) in [6.07, 6.45) is 4.74. The van der Waals surface area contributed by atoms with Gasteiger partial charge in [0, 0.05) is 23.9 Å². The van der Waals surface area contributed by atoms with Crippen LogP contribution < -0.4 is 20.1 Å². The Morgan fingerprint density at radius 3 is 1.58 bits per heavy atom. The standard InChI is InChI=1S/C39H48N8O8S2/c1-18(2)28(44-38(50)51)36(48)46-12-8-10-24(46)34-40-16-22(42-34)26-14-20-30(53-5)33-21(31(54-6)32(20)56-26)15-27(57-33)23-17-41-35(43-23)25-11-9-13-47(25)37(49)29(19(3)4)45-39(52)55-7/h14-19,24-25,28-29,44H,8-13H2,1-7H3,(H,40,42)(H,41,43)(H,45,52)(H,50,51). The molecule has 16 nitrogen and oxygen atoms in total. The molecule has 2 aliphatic heterocycles. The Hall–Kier alpha value is -5.36. The van der Waals surface area contributed by atoms with Crippen molar-refractivity contribution < 1.29 is 38.5 Å². The van der Waals surface area contributed by atoms with Crippen LogP contribution in [0.1, 0.15) is 77.1 Å². The number of carboxylic acid groups (broad SMARTS) is 1. The number of aromatic nitrogens is 4. The second-order valence-electron chi connectivity index (χ2n) is 15.0. The molecule has 4 unspecified atom stereocenters. The Kier molecular flexibility index (Phi) is 11.4. The quantitative estimate of drug-likeness (QED) is 0.0880. The average Bonchev–Trinajstić information content (AvgIpc) is 4.03. The third kappa shape index (κ3) is 7.47. The minimum Gasteiger partial charge on any atom is -0.495 e. The van der Waals surface area contributed by atoms with Crippen molar-refractivity contribution in [2.45, 2.75) is 77.5 Å².